The summed E-state index contributed by atoms with van der Waals surface area (Å²) in [5, 5.41) is 6.10. The minimum absolute atomic E-state index is 0.00549. The maximum Gasteiger partial charge on any atom is 0.227 e. The second kappa shape index (κ2) is 5.85. The fourth-order valence-corrected chi connectivity index (χ4v) is 3.42. The zero-order valence-electron chi connectivity index (χ0n) is 10.1. The van der Waals surface area contributed by atoms with Crippen molar-refractivity contribution in [1.29, 1.82) is 0 Å². The summed E-state index contributed by atoms with van der Waals surface area (Å²) in [6, 6.07) is 2.87. The van der Waals surface area contributed by atoms with Gasteiger partial charge in [0.2, 0.25) is 5.91 Å². The van der Waals surface area contributed by atoms with E-state index in [-0.39, 0.29) is 29.9 Å². The number of pyridine rings is 1. The Kier molecular flexibility index (Phi) is 4.38. The van der Waals surface area contributed by atoms with E-state index in [0.717, 1.165) is 0 Å². The lowest BCUT2D eigenvalue weighted by molar-refractivity contribution is -0.116. The van der Waals surface area contributed by atoms with E-state index in [0.29, 0.717) is 17.4 Å². The molecule has 1 atom stereocenters. The van der Waals surface area contributed by atoms with Gasteiger partial charge >= 0.3 is 0 Å². The van der Waals surface area contributed by atoms with Crippen LogP contribution in [-0.2, 0) is 14.6 Å². The average molecular weight is 304 g/mol. The third-order valence-corrected chi connectivity index (χ3v) is 4.69. The zero-order chi connectivity index (χ0) is 13.9. The first-order valence-electron chi connectivity index (χ1n) is 5.80. The molecule has 1 aliphatic rings. The molecule has 2 rings (SSSR count). The number of hydrogen-bond donors (Lipinski definition) is 2. The molecule has 2 N–H and O–H groups in total. The molecule has 1 aromatic heterocycles. The molecule has 104 valence electrons. The van der Waals surface area contributed by atoms with Crippen LogP contribution in [0.15, 0.2) is 18.3 Å². The second-order valence-corrected chi connectivity index (χ2v) is 7.04. The molecule has 2 heterocycles. The van der Waals surface area contributed by atoms with E-state index in [1.807, 2.05) is 0 Å². The van der Waals surface area contributed by atoms with Crippen LogP contribution in [-0.4, -0.2) is 43.4 Å². The summed E-state index contributed by atoms with van der Waals surface area (Å²) in [6.45, 7) is 0.388. The highest BCUT2D eigenvalue weighted by Gasteiger charge is 2.25. The highest BCUT2D eigenvalue weighted by atomic mass is 35.5. The van der Waals surface area contributed by atoms with Crippen LogP contribution in [0.3, 0.4) is 0 Å². The highest BCUT2D eigenvalue weighted by molar-refractivity contribution is 7.91. The summed E-state index contributed by atoms with van der Waals surface area (Å²) in [5.41, 5.74) is 0. The minimum Gasteiger partial charge on any atom is -0.311 e. The Labute approximate surface area is 116 Å². The summed E-state index contributed by atoms with van der Waals surface area (Å²) in [6.07, 6.45) is 1.53. The maximum absolute atomic E-state index is 11.8. The molecular formula is C11H14ClN3O3S. The minimum atomic E-state index is -3.03. The van der Waals surface area contributed by atoms with Gasteiger partial charge < -0.3 is 10.6 Å². The molecule has 0 radical (unpaired) electrons. The molecule has 1 amide bonds. The van der Waals surface area contributed by atoms with E-state index >= 15 is 0 Å². The van der Waals surface area contributed by atoms with Crippen molar-refractivity contribution in [3.05, 3.63) is 23.4 Å². The molecule has 0 saturated carbocycles. The van der Waals surface area contributed by atoms with Crippen LogP contribution in [0.1, 0.15) is 6.42 Å². The van der Waals surface area contributed by atoms with Crippen LogP contribution in [0.25, 0.3) is 0 Å². The SMILES string of the molecule is O=C(CC1CS(=O)(=O)CCN1)Nc1ccc(Cl)cn1. The topological polar surface area (TPSA) is 88.2 Å². The lowest BCUT2D eigenvalue weighted by atomic mass is 10.2. The Morgan fingerprint density at radius 1 is 1.53 bits per heavy atom. The van der Waals surface area contributed by atoms with Crippen LogP contribution in [0.2, 0.25) is 5.02 Å². The van der Waals surface area contributed by atoms with E-state index in [1.165, 1.54) is 6.20 Å². The van der Waals surface area contributed by atoms with Gasteiger partial charge in [-0.15, -0.1) is 0 Å². The van der Waals surface area contributed by atoms with Gasteiger partial charge in [0.05, 0.1) is 16.5 Å². The smallest absolute Gasteiger partial charge is 0.227 e. The number of hydrogen-bond acceptors (Lipinski definition) is 5. The van der Waals surface area contributed by atoms with Crippen LogP contribution in [0.4, 0.5) is 5.82 Å². The van der Waals surface area contributed by atoms with Gasteiger partial charge in [-0.05, 0) is 12.1 Å². The van der Waals surface area contributed by atoms with E-state index in [4.69, 9.17) is 11.6 Å². The molecule has 0 aliphatic carbocycles. The molecular weight excluding hydrogens is 290 g/mol. The Hall–Kier alpha value is -1.18. The molecule has 8 heteroatoms. The van der Waals surface area contributed by atoms with Gasteiger partial charge in [-0.3, -0.25) is 4.79 Å². The number of halogens is 1. The first-order valence-corrected chi connectivity index (χ1v) is 8.00. The van der Waals surface area contributed by atoms with Crippen molar-refractivity contribution in [2.75, 3.05) is 23.4 Å². The number of nitrogens with zero attached hydrogens (tertiary/aromatic N) is 1. The van der Waals surface area contributed by atoms with Crippen molar-refractivity contribution < 1.29 is 13.2 Å². The molecule has 1 aliphatic heterocycles. The quantitative estimate of drug-likeness (QED) is 0.846. The number of nitrogens with one attached hydrogen (secondary N) is 2. The number of anilines is 1. The van der Waals surface area contributed by atoms with Gasteiger partial charge in [0.15, 0.2) is 9.84 Å². The van der Waals surface area contributed by atoms with Crippen molar-refractivity contribution in [3.63, 3.8) is 0 Å². The first-order chi connectivity index (χ1) is 8.94. The van der Waals surface area contributed by atoms with E-state index in [9.17, 15) is 13.2 Å². The van der Waals surface area contributed by atoms with Crippen molar-refractivity contribution in [3.8, 4) is 0 Å². The van der Waals surface area contributed by atoms with Gasteiger partial charge in [0.1, 0.15) is 5.82 Å². The summed E-state index contributed by atoms with van der Waals surface area (Å²) >= 11 is 5.68. The highest BCUT2D eigenvalue weighted by Crippen LogP contribution is 2.11. The van der Waals surface area contributed by atoms with E-state index in [1.54, 1.807) is 12.1 Å². The molecule has 0 bridgehead atoms. The molecule has 1 saturated heterocycles. The Morgan fingerprint density at radius 2 is 2.32 bits per heavy atom. The van der Waals surface area contributed by atoms with Crippen LogP contribution in [0, 0.1) is 0 Å². The third-order valence-electron chi connectivity index (χ3n) is 2.73. The van der Waals surface area contributed by atoms with E-state index in [2.05, 4.69) is 15.6 Å². The molecule has 1 fully saturated rings. The fourth-order valence-electron chi connectivity index (χ4n) is 1.87. The van der Waals surface area contributed by atoms with Gasteiger partial charge in [-0.2, -0.15) is 0 Å². The van der Waals surface area contributed by atoms with Gasteiger partial charge in [0.25, 0.3) is 0 Å². The molecule has 6 nitrogen and oxygen atoms in total. The van der Waals surface area contributed by atoms with Crippen molar-refractivity contribution >= 4 is 33.2 Å². The Bertz CT molecular complexity index is 559. The molecule has 1 aromatic rings. The van der Waals surface area contributed by atoms with Gasteiger partial charge in [0, 0.05) is 25.2 Å². The number of amides is 1. The molecule has 0 spiro atoms. The predicted molar refractivity (Wildman–Crippen MR) is 72.9 cm³/mol. The molecule has 19 heavy (non-hydrogen) atoms. The largest absolute Gasteiger partial charge is 0.311 e. The van der Waals surface area contributed by atoms with Crippen molar-refractivity contribution in [2.24, 2.45) is 0 Å². The maximum atomic E-state index is 11.8. The first kappa shape index (κ1) is 14.2. The lowest BCUT2D eigenvalue weighted by Crippen LogP contribution is -2.46. The number of carbonyl (C=O) groups excluding carboxylic acids is 1. The number of carbonyl (C=O) groups is 1. The zero-order valence-corrected chi connectivity index (χ0v) is 11.7. The van der Waals surface area contributed by atoms with E-state index < -0.39 is 9.84 Å². The molecule has 0 aromatic carbocycles. The molecule has 1 unspecified atom stereocenters. The Morgan fingerprint density at radius 3 is 2.95 bits per heavy atom. The number of sulfone groups is 1. The van der Waals surface area contributed by atoms with Crippen LogP contribution in [0.5, 0.6) is 0 Å². The normalized spacial score (nSPS) is 21.8. The third kappa shape index (κ3) is 4.45. The second-order valence-electron chi connectivity index (χ2n) is 4.38. The summed E-state index contributed by atoms with van der Waals surface area (Å²) in [4.78, 5) is 15.7. The summed E-state index contributed by atoms with van der Waals surface area (Å²) in [5.74, 6) is 0.246. The lowest BCUT2D eigenvalue weighted by Gasteiger charge is -2.22. The van der Waals surface area contributed by atoms with Crippen molar-refractivity contribution in [1.82, 2.24) is 10.3 Å². The standard InChI is InChI=1S/C11H14ClN3O3S/c12-8-1-2-10(14-6-8)15-11(16)5-9-7-19(17,18)4-3-13-9/h1-2,6,9,13H,3-5,7H2,(H,14,15,16). The van der Waals surface area contributed by atoms with Crippen LogP contribution >= 0.6 is 11.6 Å². The summed E-state index contributed by atoms with van der Waals surface area (Å²) in [7, 11) is -3.03. The summed E-state index contributed by atoms with van der Waals surface area (Å²) < 4.78 is 22.9. The number of rotatable bonds is 3. The van der Waals surface area contributed by atoms with Gasteiger partial charge in [-0.25, -0.2) is 13.4 Å². The van der Waals surface area contributed by atoms with Gasteiger partial charge in [-0.1, -0.05) is 11.6 Å². The fraction of sp³-hybridized carbons (Fsp3) is 0.455. The predicted octanol–water partition coefficient (Wildman–Crippen LogP) is 0.450. The monoisotopic (exact) mass is 303 g/mol. The number of aromatic nitrogens is 1. The Balaban J connectivity index is 1.89. The van der Waals surface area contributed by atoms with Crippen molar-refractivity contribution in [2.45, 2.75) is 12.5 Å². The average Bonchev–Trinajstić information content (AvgIpc) is 2.30. The van der Waals surface area contributed by atoms with Crippen LogP contribution < -0.4 is 10.6 Å².